The lowest BCUT2D eigenvalue weighted by atomic mass is 10.1. The Morgan fingerprint density at radius 3 is 3.19 bits per heavy atom. The van der Waals surface area contributed by atoms with E-state index in [0.29, 0.717) is 0 Å². The minimum atomic E-state index is 0.747. The molecule has 0 atom stereocenters. The molecule has 0 aliphatic rings. The van der Waals surface area contributed by atoms with Gasteiger partial charge in [-0.25, -0.2) is 4.98 Å². The molecule has 3 aromatic rings. The summed E-state index contributed by atoms with van der Waals surface area (Å²) in [5, 5.41) is 2.97. The third-order valence-corrected chi connectivity index (χ3v) is 3.36. The molecule has 0 saturated carbocycles. The number of aldehydes is 1. The minimum Gasteiger partial charge on any atom is -0.346 e. The van der Waals surface area contributed by atoms with Gasteiger partial charge in [0.1, 0.15) is 5.65 Å². The third kappa shape index (κ3) is 1.35. The van der Waals surface area contributed by atoms with E-state index in [1.54, 1.807) is 6.20 Å². The molecule has 4 heteroatoms. The van der Waals surface area contributed by atoms with Crippen LogP contribution in [0, 0.1) is 0 Å². The standard InChI is InChI=1S/C12H8N2OS/c15-7-11-10(2-4-16-11)9-5-8-1-3-13-12(8)14-6-9/h1-7H,(H,13,14). The monoisotopic (exact) mass is 228 g/mol. The van der Waals surface area contributed by atoms with Gasteiger partial charge in [0, 0.05) is 28.9 Å². The van der Waals surface area contributed by atoms with E-state index in [4.69, 9.17) is 0 Å². The normalized spacial score (nSPS) is 10.8. The number of H-pyrrole nitrogens is 1. The van der Waals surface area contributed by atoms with Crippen LogP contribution in [0.2, 0.25) is 0 Å². The van der Waals surface area contributed by atoms with Gasteiger partial charge in [0.05, 0.1) is 4.88 Å². The van der Waals surface area contributed by atoms with Gasteiger partial charge in [-0.2, -0.15) is 0 Å². The predicted molar refractivity (Wildman–Crippen MR) is 64.8 cm³/mol. The summed E-state index contributed by atoms with van der Waals surface area (Å²) < 4.78 is 0. The zero-order valence-corrected chi connectivity index (χ0v) is 9.12. The van der Waals surface area contributed by atoms with Crippen molar-refractivity contribution in [3.8, 4) is 11.1 Å². The molecule has 3 nitrogen and oxygen atoms in total. The quantitative estimate of drug-likeness (QED) is 0.685. The van der Waals surface area contributed by atoms with Crippen LogP contribution in [0.4, 0.5) is 0 Å². The van der Waals surface area contributed by atoms with E-state index in [-0.39, 0.29) is 0 Å². The average Bonchev–Trinajstić information content (AvgIpc) is 2.96. The number of carbonyl (C=O) groups is 1. The molecule has 16 heavy (non-hydrogen) atoms. The van der Waals surface area contributed by atoms with Gasteiger partial charge in [0.25, 0.3) is 0 Å². The van der Waals surface area contributed by atoms with E-state index >= 15 is 0 Å². The minimum absolute atomic E-state index is 0.747. The summed E-state index contributed by atoms with van der Waals surface area (Å²) >= 11 is 1.45. The molecule has 0 bridgehead atoms. The van der Waals surface area contributed by atoms with Crippen molar-refractivity contribution in [1.82, 2.24) is 9.97 Å². The molecule has 0 aliphatic heterocycles. The van der Waals surface area contributed by atoms with Crippen LogP contribution in [0.3, 0.4) is 0 Å². The van der Waals surface area contributed by atoms with Crippen LogP contribution in [-0.4, -0.2) is 16.3 Å². The predicted octanol–water partition coefficient (Wildman–Crippen LogP) is 3.10. The molecule has 0 amide bonds. The zero-order valence-electron chi connectivity index (χ0n) is 8.31. The fourth-order valence-electron chi connectivity index (χ4n) is 1.74. The largest absolute Gasteiger partial charge is 0.346 e. The van der Waals surface area contributed by atoms with Crippen LogP contribution in [-0.2, 0) is 0 Å². The van der Waals surface area contributed by atoms with Crippen LogP contribution in [0.5, 0.6) is 0 Å². The number of carbonyl (C=O) groups excluding carboxylic acids is 1. The molecule has 3 rings (SSSR count). The maximum atomic E-state index is 10.9. The van der Waals surface area contributed by atoms with Gasteiger partial charge in [-0.15, -0.1) is 11.3 Å². The Morgan fingerprint density at radius 1 is 1.38 bits per heavy atom. The van der Waals surface area contributed by atoms with Gasteiger partial charge in [0.2, 0.25) is 0 Å². The molecular formula is C12H8N2OS. The summed E-state index contributed by atoms with van der Waals surface area (Å²) in [5.41, 5.74) is 2.80. The maximum absolute atomic E-state index is 10.9. The topological polar surface area (TPSA) is 45.8 Å². The average molecular weight is 228 g/mol. The summed E-state index contributed by atoms with van der Waals surface area (Å²) in [6, 6.07) is 5.95. The first-order chi connectivity index (χ1) is 7.88. The van der Waals surface area contributed by atoms with Crippen LogP contribution in [0.1, 0.15) is 9.67 Å². The van der Waals surface area contributed by atoms with Crippen molar-refractivity contribution in [1.29, 1.82) is 0 Å². The second kappa shape index (κ2) is 3.57. The Bertz CT molecular complexity index is 654. The molecular weight excluding hydrogens is 220 g/mol. The Kier molecular flexibility index (Phi) is 2.08. The number of hydrogen-bond donors (Lipinski definition) is 1. The van der Waals surface area contributed by atoms with Gasteiger partial charge < -0.3 is 4.98 Å². The van der Waals surface area contributed by atoms with Crippen LogP contribution >= 0.6 is 11.3 Å². The SMILES string of the molecule is O=Cc1sccc1-c1cnc2[nH]ccc2c1. The second-order valence-corrected chi connectivity index (χ2v) is 4.40. The van der Waals surface area contributed by atoms with Gasteiger partial charge in [-0.3, -0.25) is 4.79 Å². The number of hydrogen-bond acceptors (Lipinski definition) is 3. The van der Waals surface area contributed by atoms with Gasteiger partial charge in [0.15, 0.2) is 6.29 Å². The number of nitrogens with one attached hydrogen (secondary N) is 1. The van der Waals surface area contributed by atoms with Gasteiger partial charge in [-0.05, 0) is 23.6 Å². The summed E-state index contributed by atoms with van der Waals surface area (Å²) in [7, 11) is 0. The van der Waals surface area contributed by atoms with Crippen LogP contribution < -0.4 is 0 Å². The number of nitrogens with zero attached hydrogens (tertiary/aromatic N) is 1. The Balaban J connectivity index is 2.21. The van der Waals surface area contributed by atoms with Crippen molar-refractivity contribution >= 4 is 28.7 Å². The first kappa shape index (κ1) is 9.30. The molecule has 0 fully saturated rings. The lowest BCUT2D eigenvalue weighted by Gasteiger charge is -1.99. The number of pyridine rings is 1. The molecule has 0 spiro atoms. The van der Waals surface area contributed by atoms with E-state index in [1.165, 1.54) is 11.3 Å². The summed E-state index contributed by atoms with van der Waals surface area (Å²) in [5.74, 6) is 0. The fraction of sp³-hybridized carbons (Fsp3) is 0. The molecule has 3 heterocycles. The van der Waals surface area contributed by atoms with Crippen LogP contribution in [0.25, 0.3) is 22.2 Å². The Labute approximate surface area is 95.8 Å². The molecule has 0 saturated heterocycles. The van der Waals surface area contributed by atoms with Crippen molar-refractivity contribution in [3.05, 3.63) is 40.8 Å². The molecule has 0 radical (unpaired) electrons. The van der Waals surface area contributed by atoms with Gasteiger partial charge >= 0.3 is 0 Å². The van der Waals surface area contributed by atoms with E-state index in [0.717, 1.165) is 33.3 Å². The van der Waals surface area contributed by atoms with Crippen molar-refractivity contribution in [2.45, 2.75) is 0 Å². The highest BCUT2D eigenvalue weighted by Crippen LogP contribution is 2.28. The third-order valence-electron chi connectivity index (χ3n) is 2.51. The van der Waals surface area contributed by atoms with Crippen molar-refractivity contribution in [3.63, 3.8) is 0 Å². The lowest BCUT2D eigenvalue weighted by Crippen LogP contribution is -1.83. The van der Waals surface area contributed by atoms with Crippen molar-refractivity contribution < 1.29 is 4.79 Å². The second-order valence-electron chi connectivity index (χ2n) is 3.46. The summed E-state index contributed by atoms with van der Waals surface area (Å²) in [4.78, 5) is 19.0. The molecule has 78 valence electrons. The number of thiophene rings is 1. The molecule has 0 aromatic carbocycles. The summed E-state index contributed by atoms with van der Waals surface area (Å²) in [6.45, 7) is 0. The Hall–Kier alpha value is -1.94. The molecule has 3 aromatic heterocycles. The Morgan fingerprint density at radius 2 is 2.31 bits per heavy atom. The van der Waals surface area contributed by atoms with E-state index in [1.807, 2.05) is 29.8 Å². The lowest BCUT2D eigenvalue weighted by molar-refractivity contribution is 0.112. The smallest absolute Gasteiger partial charge is 0.160 e. The van der Waals surface area contributed by atoms with E-state index < -0.39 is 0 Å². The van der Waals surface area contributed by atoms with E-state index in [9.17, 15) is 4.79 Å². The fourth-order valence-corrected chi connectivity index (χ4v) is 2.46. The molecule has 0 aliphatic carbocycles. The molecule has 1 N–H and O–H groups in total. The number of aromatic amines is 1. The van der Waals surface area contributed by atoms with Gasteiger partial charge in [-0.1, -0.05) is 0 Å². The van der Waals surface area contributed by atoms with Crippen molar-refractivity contribution in [2.24, 2.45) is 0 Å². The molecule has 0 unspecified atom stereocenters. The number of aromatic nitrogens is 2. The highest BCUT2D eigenvalue weighted by molar-refractivity contribution is 7.12. The highest BCUT2D eigenvalue weighted by atomic mass is 32.1. The number of fused-ring (bicyclic) bond motifs is 1. The first-order valence-electron chi connectivity index (χ1n) is 4.84. The van der Waals surface area contributed by atoms with E-state index in [2.05, 4.69) is 9.97 Å². The first-order valence-corrected chi connectivity index (χ1v) is 5.72. The maximum Gasteiger partial charge on any atom is 0.160 e. The summed E-state index contributed by atoms with van der Waals surface area (Å²) in [6.07, 6.45) is 4.53. The van der Waals surface area contributed by atoms with Crippen molar-refractivity contribution in [2.75, 3.05) is 0 Å². The van der Waals surface area contributed by atoms with Crippen LogP contribution in [0.15, 0.2) is 36.0 Å². The highest BCUT2D eigenvalue weighted by Gasteiger charge is 2.07. The number of rotatable bonds is 2. The zero-order chi connectivity index (χ0) is 11.0.